The van der Waals surface area contributed by atoms with E-state index in [1.165, 1.54) is 41.9 Å². The topological polar surface area (TPSA) is 12.0 Å². The predicted molar refractivity (Wildman–Crippen MR) is 81.1 cm³/mol. The zero-order valence-electron chi connectivity index (χ0n) is 11.6. The zero-order chi connectivity index (χ0) is 12.8. The van der Waals surface area contributed by atoms with Crippen LogP contribution in [0.5, 0.6) is 0 Å². The first kappa shape index (κ1) is 14.0. The minimum atomic E-state index is 0.798. The van der Waals surface area contributed by atoms with Gasteiger partial charge < -0.3 is 5.32 Å². The van der Waals surface area contributed by atoms with Crippen molar-refractivity contribution in [1.82, 2.24) is 5.32 Å². The summed E-state index contributed by atoms with van der Waals surface area (Å²) < 4.78 is 0. The molecule has 2 rings (SSSR count). The Kier molecular flexibility index (Phi) is 5.58. The molecule has 0 unspecified atom stereocenters. The van der Waals surface area contributed by atoms with Gasteiger partial charge in [0.25, 0.3) is 0 Å². The van der Waals surface area contributed by atoms with E-state index in [2.05, 4.69) is 43.4 Å². The molecule has 0 saturated heterocycles. The molecule has 1 saturated carbocycles. The quantitative estimate of drug-likeness (QED) is 0.549. The first-order valence-corrected chi connectivity index (χ1v) is 8.17. The van der Waals surface area contributed by atoms with Crippen molar-refractivity contribution in [3.8, 4) is 0 Å². The summed E-state index contributed by atoms with van der Waals surface area (Å²) in [5.41, 5.74) is 1.43. The van der Waals surface area contributed by atoms with Gasteiger partial charge in [-0.25, -0.2) is 0 Å². The molecule has 0 bridgehead atoms. The van der Waals surface area contributed by atoms with E-state index in [4.69, 9.17) is 0 Å². The first-order valence-electron chi connectivity index (χ1n) is 7.19. The lowest BCUT2D eigenvalue weighted by Gasteiger charge is -2.07. The first-order chi connectivity index (χ1) is 8.74. The molecule has 0 aromatic heterocycles. The van der Waals surface area contributed by atoms with E-state index in [0.717, 1.165) is 18.5 Å². The van der Waals surface area contributed by atoms with Gasteiger partial charge in [0.05, 0.1) is 0 Å². The Morgan fingerprint density at radius 1 is 1.33 bits per heavy atom. The van der Waals surface area contributed by atoms with E-state index < -0.39 is 0 Å². The molecule has 0 amide bonds. The summed E-state index contributed by atoms with van der Waals surface area (Å²) in [4.78, 5) is 1.42. The van der Waals surface area contributed by atoms with Crippen molar-refractivity contribution in [3.05, 3.63) is 29.8 Å². The van der Waals surface area contributed by atoms with E-state index in [-0.39, 0.29) is 0 Å². The van der Waals surface area contributed by atoms with Crippen LogP contribution in [0.15, 0.2) is 29.2 Å². The second-order valence-electron chi connectivity index (χ2n) is 5.69. The Labute approximate surface area is 116 Å². The fourth-order valence-electron chi connectivity index (χ4n) is 1.98. The Balaban J connectivity index is 1.71. The van der Waals surface area contributed by atoms with Crippen LogP contribution >= 0.6 is 11.8 Å². The van der Waals surface area contributed by atoms with Gasteiger partial charge in [-0.2, -0.15) is 0 Å². The van der Waals surface area contributed by atoms with E-state index in [0.29, 0.717) is 0 Å². The largest absolute Gasteiger partial charge is 0.310 e. The molecule has 1 aliphatic rings. The van der Waals surface area contributed by atoms with E-state index in [1.54, 1.807) is 0 Å². The van der Waals surface area contributed by atoms with Crippen LogP contribution in [0.1, 0.15) is 45.1 Å². The molecule has 1 aromatic rings. The van der Waals surface area contributed by atoms with Crippen molar-refractivity contribution in [2.24, 2.45) is 5.92 Å². The molecule has 0 heterocycles. The molecule has 1 aromatic carbocycles. The number of benzene rings is 1. The Morgan fingerprint density at radius 2 is 2.17 bits per heavy atom. The summed E-state index contributed by atoms with van der Waals surface area (Å²) in [5, 5.41) is 3.57. The average molecular weight is 263 g/mol. The van der Waals surface area contributed by atoms with Gasteiger partial charge in [0.2, 0.25) is 0 Å². The maximum absolute atomic E-state index is 3.57. The fourth-order valence-corrected chi connectivity index (χ4v) is 2.93. The van der Waals surface area contributed by atoms with Crippen LogP contribution in [0, 0.1) is 5.92 Å². The summed E-state index contributed by atoms with van der Waals surface area (Å²) in [6.45, 7) is 5.63. The lowest BCUT2D eigenvalue weighted by molar-refractivity contribution is 0.579. The number of thioether (sulfide) groups is 1. The molecule has 2 heteroatoms. The summed E-state index contributed by atoms with van der Waals surface area (Å²) in [7, 11) is 0. The Bertz CT molecular complexity index is 358. The van der Waals surface area contributed by atoms with Crippen molar-refractivity contribution in [2.45, 2.75) is 57.0 Å². The van der Waals surface area contributed by atoms with Gasteiger partial charge in [0.15, 0.2) is 0 Å². The summed E-state index contributed by atoms with van der Waals surface area (Å²) in [6, 6.07) is 9.80. The van der Waals surface area contributed by atoms with Gasteiger partial charge >= 0.3 is 0 Å². The highest BCUT2D eigenvalue weighted by atomic mass is 32.2. The fraction of sp³-hybridized carbons (Fsp3) is 0.625. The van der Waals surface area contributed by atoms with Crippen molar-refractivity contribution in [1.29, 1.82) is 0 Å². The van der Waals surface area contributed by atoms with E-state index in [9.17, 15) is 0 Å². The molecule has 18 heavy (non-hydrogen) atoms. The van der Waals surface area contributed by atoms with Gasteiger partial charge in [-0.05, 0) is 48.6 Å². The smallest absolute Gasteiger partial charge is 0.0208 e. The SMILES string of the molecule is CC(C)CCCSc1cccc(CNC2CC2)c1. The minimum Gasteiger partial charge on any atom is -0.310 e. The van der Waals surface area contributed by atoms with Gasteiger partial charge in [0, 0.05) is 17.5 Å². The second-order valence-corrected chi connectivity index (χ2v) is 6.86. The van der Waals surface area contributed by atoms with Crippen LogP contribution in [0.3, 0.4) is 0 Å². The van der Waals surface area contributed by atoms with Crippen LogP contribution in [0.25, 0.3) is 0 Å². The summed E-state index contributed by atoms with van der Waals surface area (Å²) in [5.74, 6) is 2.08. The van der Waals surface area contributed by atoms with Crippen molar-refractivity contribution < 1.29 is 0 Å². The van der Waals surface area contributed by atoms with Gasteiger partial charge in [-0.1, -0.05) is 32.4 Å². The average Bonchev–Trinajstić information content (AvgIpc) is 3.17. The molecular formula is C16H25NS. The predicted octanol–water partition coefficient (Wildman–Crippen LogP) is 4.47. The van der Waals surface area contributed by atoms with E-state index in [1.807, 2.05) is 11.8 Å². The standard InChI is InChI=1S/C16H25NS/c1-13(2)5-4-10-18-16-7-3-6-14(11-16)12-17-15-8-9-15/h3,6-7,11,13,15,17H,4-5,8-10,12H2,1-2H3. The normalized spacial score (nSPS) is 15.3. The summed E-state index contributed by atoms with van der Waals surface area (Å²) >= 11 is 2.00. The Hall–Kier alpha value is -0.470. The highest BCUT2D eigenvalue weighted by molar-refractivity contribution is 7.99. The van der Waals surface area contributed by atoms with Crippen molar-refractivity contribution in [3.63, 3.8) is 0 Å². The molecule has 0 radical (unpaired) electrons. The number of rotatable bonds is 8. The monoisotopic (exact) mass is 263 g/mol. The maximum atomic E-state index is 3.57. The molecule has 1 aliphatic carbocycles. The Morgan fingerprint density at radius 3 is 2.89 bits per heavy atom. The van der Waals surface area contributed by atoms with Crippen LogP contribution in [-0.4, -0.2) is 11.8 Å². The molecule has 1 fully saturated rings. The van der Waals surface area contributed by atoms with Gasteiger partial charge in [-0.15, -0.1) is 11.8 Å². The van der Waals surface area contributed by atoms with Crippen molar-refractivity contribution >= 4 is 11.8 Å². The molecule has 0 aliphatic heterocycles. The highest BCUT2D eigenvalue weighted by Gasteiger charge is 2.19. The number of hydrogen-bond acceptors (Lipinski definition) is 2. The third kappa shape index (κ3) is 5.45. The zero-order valence-corrected chi connectivity index (χ0v) is 12.4. The molecule has 0 atom stereocenters. The molecular weight excluding hydrogens is 238 g/mol. The minimum absolute atomic E-state index is 0.798. The number of nitrogens with one attached hydrogen (secondary N) is 1. The molecule has 1 nitrogen and oxygen atoms in total. The second kappa shape index (κ2) is 7.20. The van der Waals surface area contributed by atoms with Crippen molar-refractivity contribution in [2.75, 3.05) is 5.75 Å². The van der Waals surface area contributed by atoms with Crippen LogP contribution < -0.4 is 5.32 Å². The van der Waals surface area contributed by atoms with Gasteiger partial charge in [-0.3, -0.25) is 0 Å². The lowest BCUT2D eigenvalue weighted by Crippen LogP contribution is -2.15. The summed E-state index contributed by atoms with van der Waals surface area (Å²) in [6.07, 6.45) is 5.40. The van der Waals surface area contributed by atoms with Crippen LogP contribution in [-0.2, 0) is 6.54 Å². The van der Waals surface area contributed by atoms with Gasteiger partial charge in [0.1, 0.15) is 0 Å². The van der Waals surface area contributed by atoms with Crippen LogP contribution in [0.4, 0.5) is 0 Å². The number of hydrogen-bond donors (Lipinski definition) is 1. The lowest BCUT2D eigenvalue weighted by atomic mass is 10.1. The third-order valence-corrected chi connectivity index (χ3v) is 4.35. The van der Waals surface area contributed by atoms with E-state index >= 15 is 0 Å². The molecule has 0 spiro atoms. The maximum Gasteiger partial charge on any atom is 0.0208 e. The molecule has 1 N–H and O–H groups in total. The van der Waals surface area contributed by atoms with Crippen LogP contribution in [0.2, 0.25) is 0 Å². The molecule has 100 valence electrons. The highest BCUT2D eigenvalue weighted by Crippen LogP contribution is 2.23. The third-order valence-electron chi connectivity index (χ3n) is 3.27.